The van der Waals surface area contributed by atoms with Crippen LogP contribution in [0, 0.1) is 5.92 Å². The van der Waals surface area contributed by atoms with Crippen molar-refractivity contribution in [3.05, 3.63) is 60.2 Å². The van der Waals surface area contributed by atoms with E-state index in [1.54, 1.807) is 0 Å². The summed E-state index contributed by atoms with van der Waals surface area (Å²) in [5.41, 5.74) is 1.60. The van der Waals surface area contributed by atoms with Crippen molar-refractivity contribution in [2.75, 3.05) is 0 Å². The van der Waals surface area contributed by atoms with Crippen LogP contribution in [0.5, 0.6) is 0 Å². The SMILES string of the molecule is CCCC=CCC(C=CCCC)C(C)(C)c1ccccc1. The molecule has 1 aromatic carbocycles. The Morgan fingerprint density at radius 2 is 1.52 bits per heavy atom. The van der Waals surface area contributed by atoms with E-state index in [9.17, 15) is 0 Å². The Morgan fingerprint density at radius 1 is 0.905 bits per heavy atom. The van der Waals surface area contributed by atoms with Crippen LogP contribution in [0.3, 0.4) is 0 Å². The third-order valence-electron chi connectivity index (χ3n) is 4.28. The number of hydrogen-bond acceptors (Lipinski definition) is 0. The largest absolute Gasteiger partial charge is 0.0885 e. The standard InChI is InChI=1S/C21H32/c1-5-7-9-12-16-19(15-11-8-6-2)21(3,4)20-17-13-10-14-18-20/h9-15,17-19H,5-8,16H2,1-4H3. The van der Waals surface area contributed by atoms with E-state index in [-0.39, 0.29) is 5.41 Å². The van der Waals surface area contributed by atoms with E-state index in [1.165, 1.54) is 31.2 Å². The van der Waals surface area contributed by atoms with E-state index < -0.39 is 0 Å². The second-order valence-electron chi connectivity index (χ2n) is 6.41. The van der Waals surface area contributed by atoms with Gasteiger partial charge in [0.25, 0.3) is 0 Å². The molecule has 1 unspecified atom stereocenters. The van der Waals surface area contributed by atoms with Crippen LogP contribution in [-0.2, 0) is 5.41 Å². The number of rotatable bonds is 9. The predicted octanol–water partition coefficient (Wildman–Crippen LogP) is 6.68. The van der Waals surface area contributed by atoms with E-state index in [4.69, 9.17) is 0 Å². The van der Waals surface area contributed by atoms with Crippen molar-refractivity contribution in [1.82, 2.24) is 0 Å². The highest BCUT2D eigenvalue weighted by Crippen LogP contribution is 2.35. The van der Waals surface area contributed by atoms with E-state index in [0.29, 0.717) is 5.92 Å². The molecule has 1 aromatic rings. The lowest BCUT2D eigenvalue weighted by atomic mass is 9.71. The molecular weight excluding hydrogens is 252 g/mol. The van der Waals surface area contributed by atoms with Crippen molar-refractivity contribution in [3.63, 3.8) is 0 Å². The average Bonchev–Trinajstić information content (AvgIpc) is 2.50. The topological polar surface area (TPSA) is 0 Å². The Balaban J connectivity index is 2.87. The van der Waals surface area contributed by atoms with Gasteiger partial charge in [-0.2, -0.15) is 0 Å². The minimum absolute atomic E-state index is 0.169. The summed E-state index contributed by atoms with van der Waals surface area (Å²) in [6.45, 7) is 9.22. The van der Waals surface area contributed by atoms with Gasteiger partial charge in [0.05, 0.1) is 0 Å². The first kappa shape index (κ1) is 17.8. The van der Waals surface area contributed by atoms with Gasteiger partial charge in [0.15, 0.2) is 0 Å². The van der Waals surface area contributed by atoms with Gasteiger partial charge in [0.2, 0.25) is 0 Å². The molecule has 0 radical (unpaired) electrons. The molecule has 0 aliphatic heterocycles. The van der Waals surface area contributed by atoms with Gasteiger partial charge in [-0.05, 0) is 36.2 Å². The Morgan fingerprint density at radius 3 is 2.14 bits per heavy atom. The molecule has 1 rings (SSSR count). The quantitative estimate of drug-likeness (QED) is 0.443. The lowest BCUT2D eigenvalue weighted by molar-refractivity contribution is 0.383. The van der Waals surface area contributed by atoms with Crippen LogP contribution in [0.1, 0.15) is 65.4 Å². The number of unbranched alkanes of at least 4 members (excludes halogenated alkanes) is 2. The van der Waals surface area contributed by atoms with Gasteiger partial charge in [0.1, 0.15) is 0 Å². The maximum atomic E-state index is 2.44. The Kier molecular flexibility index (Phi) is 8.12. The van der Waals surface area contributed by atoms with Crippen LogP contribution in [0.4, 0.5) is 0 Å². The maximum Gasteiger partial charge on any atom is -0.00379 e. The Labute approximate surface area is 132 Å². The fraction of sp³-hybridized carbons (Fsp3) is 0.524. The molecule has 0 heterocycles. The van der Waals surface area contributed by atoms with Gasteiger partial charge in [-0.1, -0.05) is 95.2 Å². The Hall–Kier alpha value is -1.30. The summed E-state index contributed by atoms with van der Waals surface area (Å²) in [5.74, 6) is 0.555. The fourth-order valence-electron chi connectivity index (χ4n) is 2.65. The van der Waals surface area contributed by atoms with Crippen LogP contribution >= 0.6 is 0 Å². The molecule has 0 spiro atoms. The van der Waals surface area contributed by atoms with E-state index in [1.807, 2.05) is 0 Å². The lowest BCUT2D eigenvalue weighted by Gasteiger charge is -2.33. The highest BCUT2D eigenvalue weighted by molar-refractivity contribution is 5.26. The second kappa shape index (κ2) is 9.60. The normalized spacial score (nSPS) is 14.1. The number of allylic oxidation sites excluding steroid dienone is 4. The first-order valence-corrected chi connectivity index (χ1v) is 8.50. The molecular formula is C21H32. The molecule has 116 valence electrons. The van der Waals surface area contributed by atoms with Crippen molar-refractivity contribution in [3.8, 4) is 0 Å². The minimum atomic E-state index is 0.169. The Bertz CT molecular complexity index is 423. The molecule has 0 fully saturated rings. The van der Waals surface area contributed by atoms with Gasteiger partial charge >= 0.3 is 0 Å². The minimum Gasteiger partial charge on any atom is -0.0885 e. The first-order chi connectivity index (χ1) is 10.1. The van der Waals surface area contributed by atoms with Gasteiger partial charge < -0.3 is 0 Å². The maximum absolute atomic E-state index is 2.44. The highest BCUT2D eigenvalue weighted by atomic mass is 14.3. The summed E-state index contributed by atoms with van der Waals surface area (Å²) in [6, 6.07) is 10.9. The van der Waals surface area contributed by atoms with Crippen molar-refractivity contribution in [2.45, 2.75) is 65.2 Å². The van der Waals surface area contributed by atoms with Crippen molar-refractivity contribution >= 4 is 0 Å². The molecule has 0 aliphatic rings. The molecule has 0 aliphatic carbocycles. The van der Waals surface area contributed by atoms with Crippen LogP contribution in [0.2, 0.25) is 0 Å². The summed E-state index contributed by atoms with van der Waals surface area (Å²) >= 11 is 0. The summed E-state index contributed by atoms with van der Waals surface area (Å²) < 4.78 is 0. The van der Waals surface area contributed by atoms with Crippen LogP contribution < -0.4 is 0 Å². The van der Waals surface area contributed by atoms with Crippen LogP contribution in [-0.4, -0.2) is 0 Å². The molecule has 0 saturated heterocycles. The molecule has 0 N–H and O–H groups in total. The van der Waals surface area contributed by atoms with Crippen molar-refractivity contribution in [2.24, 2.45) is 5.92 Å². The molecule has 0 aromatic heterocycles. The lowest BCUT2D eigenvalue weighted by Crippen LogP contribution is -2.27. The zero-order chi connectivity index (χ0) is 15.6. The second-order valence-corrected chi connectivity index (χ2v) is 6.41. The summed E-state index contributed by atoms with van der Waals surface area (Å²) in [5, 5.41) is 0. The van der Waals surface area contributed by atoms with Gasteiger partial charge in [-0.3, -0.25) is 0 Å². The summed E-state index contributed by atoms with van der Waals surface area (Å²) in [4.78, 5) is 0. The predicted molar refractivity (Wildman–Crippen MR) is 95.7 cm³/mol. The zero-order valence-electron chi connectivity index (χ0n) is 14.3. The van der Waals surface area contributed by atoms with E-state index in [0.717, 1.165) is 6.42 Å². The average molecular weight is 284 g/mol. The molecule has 0 saturated carbocycles. The highest BCUT2D eigenvalue weighted by Gasteiger charge is 2.28. The smallest absolute Gasteiger partial charge is 0.00379 e. The van der Waals surface area contributed by atoms with Crippen molar-refractivity contribution in [1.29, 1.82) is 0 Å². The van der Waals surface area contributed by atoms with Crippen LogP contribution in [0.25, 0.3) is 0 Å². The fourth-order valence-corrected chi connectivity index (χ4v) is 2.65. The van der Waals surface area contributed by atoms with E-state index in [2.05, 4.69) is 82.3 Å². The molecule has 0 heteroatoms. The summed E-state index contributed by atoms with van der Waals surface area (Å²) in [6.07, 6.45) is 15.5. The molecule has 0 nitrogen and oxygen atoms in total. The van der Waals surface area contributed by atoms with E-state index >= 15 is 0 Å². The van der Waals surface area contributed by atoms with Gasteiger partial charge in [0, 0.05) is 0 Å². The van der Waals surface area contributed by atoms with Crippen LogP contribution in [0.15, 0.2) is 54.6 Å². The molecule has 1 atom stereocenters. The van der Waals surface area contributed by atoms with Gasteiger partial charge in [-0.15, -0.1) is 0 Å². The molecule has 21 heavy (non-hydrogen) atoms. The number of hydrogen-bond donors (Lipinski definition) is 0. The third kappa shape index (κ3) is 5.91. The monoisotopic (exact) mass is 284 g/mol. The number of benzene rings is 1. The summed E-state index contributed by atoms with van der Waals surface area (Å²) in [7, 11) is 0. The molecule has 0 bridgehead atoms. The third-order valence-corrected chi connectivity index (χ3v) is 4.28. The first-order valence-electron chi connectivity index (χ1n) is 8.50. The van der Waals surface area contributed by atoms with Crippen molar-refractivity contribution < 1.29 is 0 Å². The molecule has 0 amide bonds. The zero-order valence-corrected chi connectivity index (χ0v) is 14.3. The van der Waals surface area contributed by atoms with Gasteiger partial charge in [-0.25, -0.2) is 0 Å².